The van der Waals surface area contributed by atoms with Crippen LogP contribution in [0, 0.1) is 0 Å². The molecule has 0 aromatic carbocycles. The third-order valence-corrected chi connectivity index (χ3v) is 7.28. The van der Waals surface area contributed by atoms with Crippen LogP contribution in [-0.2, 0) is 0 Å². The van der Waals surface area contributed by atoms with Crippen molar-refractivity contribution in [1.29, 1.82) is 0 Å². The molecule has 4 rings (SSSR count). The van der Waals surface area contributed by atoms with E-state index >= 15 is 0 Å². The van der Waals surface area contributed by atoms with Crippen LogP contribution in [0.5, 0.6) is 0 Å². The number of hydrogen-bond acceptors (Lipinski definition) is 0. The van der Waals surface area contributed by atoms with Crippen LogP contribution < -0.4 is 0 Å². The van der Waals surface area contributed by atoms with Gasteiger partial charge in [-0.15, -0.1) is 0 Å². The molecule has 0 nitrogen and oxygen atoms in total. The van der Waals surface area contributed by atoms with Gasteiger partial charge in [0.15, 0.2) is 0 Å². The van der Waals surface area contributed by atoms with Gasteiger partial charge >= 0.3 is 150 Å². The summed E-state index contributed by atoms with van der Waals surface area (Å²) in [4.78, 5) is 0. The van der Waals surface area contributed by atoms with E-state index in [9.17, 15) is 0 Å². The predicted octanol–water partition coefficient (Wildman–Crippen LogP) is 7.17. The minimum atomic E-state index is 0.874. The molecule has 24 heavy (non-hydrogen) atoms. The van der Waals surface area contributed by atoms with Crippen molar-refractivity contribution in [2.75, 3.05) is 0 Å². The Morgan fingerprint density at radius 2 is 1.08 bits per heavy atom. The maximum atomic E-state index is 2.53. The summed E-state index contributed by atoms with van der Waals surface area (Å²) in [7, 11) is 0. The van der Waals surface area contributed by atoms with Gasteiger partial charge in [-0.25, -0.2) is 0 Å². The van der Waals surface area contributed by atoms with Crippen molar-refractivity contribution >= 4 is 6.91 Å². The Kier molecular flexibility index (Phi) is 5.76. The summed E-state index contributed by atoms with van der Waals surface area (Å²) in [5.41, 5.74) is 5.46. The van der Waals surface area contributed by atoms with Crippen LogP contribution in [0.15, 0.2) is 12.0 Å². The summed E-state index contributed by atoms with van der Waals surface area (Å²) >= 11 is 0. The zero-order valence-corrected chi connectivity index (χ0v) is 15.6. The zero-order chi connectivity index (χ0) is 16.2. The fourth-order valence-corrected chi connectivity index (χ4v) is 6.00. The van der Waals surface area contributed by atoms with E-state index in [4.69, 9.17) is 0 Å². The van der Waals surface area contributed by atoms with Crippen LogP contribution in [0.1, 0.15) is 131 Å². The Labute approximate surface area is 150 Å². The first-order chi connectivity index (χ1) is 11.9. The van der Waals surface area contributed by atoms with Crippen molar-refractivity contribution in [3.8, 4) is 0 Å². The van der Waals surface area contributed by atoms with Gasteiger partial charge in [-0.05, 0) is 0 Å². The molecule has 3 saturated carbocycles. The van der Waals surface area contributed by atoms with Gasteiger partial charge in [0, 0.05) is 0 Å². The molecule has 3 aliphatic rings. The summed E-state index contributed by atoms with van der Waals surface area (Å²) in [5, 5.41) is 0. The fraction of sp³-hybridized carbons (Fsp3) is 0.783. The molecule has 1 heterocycles. The van der Waals surface area contributed by atoms with Gasteiger partial charge in [-0.3, -0.25) is 0 Å². The summed E-state index contributed by atoms with van der Waals surface area (Å²) in [6, 6.07) is 2.53. The molecule has 0 N–H and O–H groups in total. The van der Waals surface area contributed by atoms with Gasteiger partial charge in [-0.1, -0.05) is 0 Å². The third kappa shape index (κ3) is 3.66. The molecule has 0 bridgehead atoms. The van der Waals surface area contributed by atoms with Gasteiger partial charge in [0.25, 0.3) is 0 Å². The maximum absolute atomic E-state index is 2.53. The molecular formula is C23H35B. The Bertz CT molecular complexity index is 481. The van der Waals surface area contributed by atoms with Gasteiger partial charge in [-0.2, -0.15) is 0 Å². The van der Waals surface area contributed by atoms with E-state index in [1.54, 1.807) is 11.0 Å². The van der Waals surface area contributed by atoms with Crippen molar-refractivity contribution in [3.63, 3.8) is 0 Å². The average Bonchev–Trinajstić information content (AvgIpc) is 2.69. The molecule has 0 spiro atoms. The summed E-state index contributed by atoms with van der Waals surface area (Å²) in [6.45, 7) is 2.53. The second kappa shape index (κ2) is 8.20. The van der Waals surface area contributed by atoms with E-state index < -0.39 is 0 Å². The van der Waals surface area contributed by atoms with Crippen molar-refractivity contribution < 1.29 is 0 Å². The normalized spacial score (nSPS) is 24.8. The Morgan fingerprint density at radius 1 is 0.583 bits per heavy atom. The van der Waals surface area contributed by atoms with Crippen molar-refractivity contribution in [1.82, 2.24) is 0 Å². The van der Waals surface area contributed by atoms with Crippen molar-refractivity contribution in [3.05, 3.63) is 28.6 Å². The second-order valence-electron chi connectivity index (χ2n) is 8.85. The van der Waals surface area contributed by atoms with Gasteiger partial charge in [0.1, 0.15) is 0 Å². The van der Waals surface area contributed by atoms with Gasteiger partial charge in [0.2, 0.25) is 0 Å². The third-order valence-electron chi connectivity index (χ3n) is 7.28. The fourth-order valence-electron chi connectivity index (χ4n) is 6.00. The Hall–Kier alpha value is -0.585. The van der Waals surface area contributed by atoms with E-state index in [-0.39, 0.29) is 0 Å². The molecule has 130 valence electrons. The van der Waals surface area contributed by atoms with E-state index in [1.807, 2.05) is 5.56 Å². The quantitative estimate of drug-likeness (QED) is 0.553. The predicted molar refractivity (Wildman–Crippen MR) is 105 cm³/mol. The molecule has 1 heteroatoms. The number of rotatable bonds is 3. The molecule has 0 aliphatic heterocycles. The van der Waals surface area contributed by atoms with Gasteiger partial charge < -0.3 is 0 Å². The SMILES string of the molecule is b1ccc(C2CCCCC2)c(C2CCCCC2)c1C1CCCCC1. The van der Waals surface area contributed by atoms with Crippen molar-refractivity contribution in [2.45, 2.75) is 114 Å². The molecule has 0 saturated heterocycles. The zero-order valence-electron chi connectivity index (χ0n) is 15.6. The Morgan fingerprint density at radius 3 is 1.67 bits per heavy atom. The standard InChI is InChI=1S/C23H35B/c1-4-10-18(11-5-1)21-16-17-24-23(20-14-8-3-9-15-20)22(21)19-12-6-2-7-13-19/h16-20H,1-15H2. The molecule has 0 atom stereocenters. The van der Waals surface area contributed by atoms with Crippen LogP contribution in [0.4, 0.5) is 0 Å². The molecule has 1 aromatic heterocycles. The van der Waals surface area contributed by atoms with Crippen LogP contribution >= 0.6 is 0 Å². The first-order valence-electron chi connectivity index (χ1n) is 11.1. The van der Waals surface area contributed by atoms with E-state index in [0.717, 1.165) is 17.8 Å². The van der Waals surface area contributed by atoms with Crippen LogP contribution in [0.3, 0.4) is 0 Å². The molecule has 1 aromatic rings. The Balaban J connectivity index is 1.71. The summed E-state index contributed by atoms with van der Waals surface area (Å²) in [5.74, 6) is 5.05. The molecule has 0 amide bonds. The molecule has 0 radical (unpaired) electrons. The van der Waals surface area contributed by atoms with E-state index in [1.165, 1.54) is 96.3 Å². The minimum absolute atomic E-state index is 0.874. The molecule has 0 unspecified atom stereocenters. The van der Waals surface area contributed by atoms with Crippen molar-refractivity contribution in [2.24, 2.45) is 0 Å². The monoisotopic (exact) mass is 322 g/mol. The van der Waals surface area contributed by atoms with E-state index in [2.05, 4.69) is 18.9 Å². The van der Waals surface area contributed by atoms with E-state index in [0.29, 0.717) is 0 Å². The summed E-state index contributed by atoms with van der Waals surface area (Å²) < 4.78 is 0. The first-order valence-corrected chi connectivity index (χ1v) is 11.1. The molecule has 3 fully saturated rings. The van der Waals surface area contributed by atoms with Gasteiger partial charge in [0.05, 0.1) is 0 Å². The molecular weight excluding hydrogens is 287 g/mol. The van der Waals surface area contributed by atoms with Crippen LogP contribution in [0.2, 0.25) is 0 Å². The topological polar surface area (TPSA) is 0 Å². The van der Waals surface area contributed by atoms with Crippen LogP contribution in [-0.4, -0.2) is 6.91 Å². The average molecular weight is 322 g/mol. The first kappa shape index (κ1) is 16.9. The summed E-state index contributed by atoms with van der Waals surface area (Å²) in [6.07, 6.45) is 21.9. The van der Waals surface area contributed by atoms with Crippen LogP contribution in [0.25, 0.3) is 0 Å². The second-order valence-corrected chi connectivity index (χ2v) is 8.85. The number of hydrogen-bond donors (Lipinski definition) is 0. The molecule has 3 aliphatic carbocycles.